The van der Waals surface area contributed by atoms with Crippen molar-refractivity contribution >= 4 is 11.5 Å². The quantitative estimate of drug-likeness (QED) is 0.821. The van der Waals surface area contributed by atoms with Gasteiger partial charge in [0.25, 0.3) is 0 Å². The fraction of sp³-hybridized carbons (Fsp3) is 0.636. The van der Waals surface area contributed by atoms with E-state index in [1.54, 1.807) is 6.20 Å². The molecule has 0 saturated carbocycles. The second kappa shape index (κ2) is 4.96. The van der Waals surface area contributed by atoms with Gasteiger partial charge in [0.15, 0.2) is 5.82 Å². The summed E-state index contributed by atoms with van der Waals surface area (Å²) >= 11 is 0. The van der Waals surface area contributed by atoms with Gasteiger partial charge in [-0.05, 0) is 19.3 Å². The molecular formula is C11H20N4. The zero-order chi connectivity index (χ0) is 11.4. The molecule has 0 aliphatic rings. The molecule has 0 bridgehead atoms. The van der Waals surface area contributed by atoms with Crippen LogP contribution in [0, 0.1) is 5.92 Å². The Morgan fingerprint density at radius 2 is 2.07 bits per heavy atom. The van der Waals surface area contributed by atoms with Crippen LogP contribution in [0.1, 0.15) is 27.2 Å². The van der Waals surface area contributed by atoms with E-state index in [-0.39, 0.29) is 0 Å². The van der Waals surface area contributed by atoms with E-state index in [4.69, 9.17) is 5.73 Å². The van der Waals surface area contributed by atoms with Gasteiger partial charge in [0.1, 0.15) is 6.33 Å². The number of hydrogen-bond donors (Lipinski definition) is 1. The molecule has 4 heteroatoms. The fourth-order valence-electron chi connectivity index (χ4n) is 1.68. The van der Waals surface area contributed by atoms with Gasteiger partial charge in [0.05, 0.1) is 11.9 Å². The average Bonchev–Trinajstić information content (AvgIpc) is 2.16. The number of nitrogen functional groups attached to an aromatic ring is 1. The second-order valence-electron chi connectivity index (χ2n) is 4.39. The summed E-state index contributed by atoms with van der Waals surface area (Å²) in [5.74, 6) is 1.49. The number of nitrogens with two attached hydrogens (primary N) is 1. The zero-order valence-electron chi connectivity index (χ0n) is 9.94. The highest BCUT2D eigenvalue weighted by Gasteiger charge is 2.14. The maximum Gasteiger partial charge on any atom is 0.155 e. The van der Waals surface area contributed by atoms with Gasteiger partial charge in [0.2, 0.25) is 0 Å². The van der Waals surface area contributed by atoms with Crippen LogP contribution in [0.3, 0.4) is 0 Å². The molecule has 1 aromatic rings. The van der Waals surface area contributed by atoms with Crippen LogP contribution in [0.4, 0.5) is 11.5 Å². The SMILES string of the molecule is CC(C)CC(C)N(C)c1ncncc1N. The number of nitrogens with zero attached hydrogens (tertiary/aromatic N) is 3. The Kier molecular flexibility index (Phi) is 3.88. The van der Waals surface area contributed by atoms with Gasteiger partial charge in [-0.25, -0.2) is 9.97 Å². The molecule has 0 aliphatic carbocycles. The molecular weight excluding hydrogens is 188 g/mol. The number of hydrogen-bond acceptors (Lipinski definition) is 4. The van der Waals surface area contributed by atoms with Crippen LogP contribution in [0.15, 0.2) is 12.5 Å². The summed E-state index contributed by atoms with van der Waals surface area (Å²) in [5.41, 5.74) is 6.46. The highest BCUT2D eigenvalue weighted by Crippen LogP contribution is 2.21. The molecule has 1 atom stereocenters. The van der Waals surface area contributed by atoms with Crippen molar-refractivity contribution < 1.29 is 0 Å². The van der Waals surface area contributed by atoms with Crippen LogP contribution in [0.2, 0.25) is 0 Å². The van der Waals surface area contributed by atoms with Crippen LogP contribution < -0.4 is 10.6 Å². The second-order valence-corrected chi connectivity index (χ2v) is 4.39. The fourth-order valence-corrected chi connectivity index (χ4v) is 1.68. The van der Waals surface area contributed by atoms with E-state index in [1.165, 1.54) is 6.33 Å². The number of anilines is 2. The van der Waals surface area contributed by atoms with Crippen molar-refractivity contribution in [3.05, 3.63) is 12.5 Å². The highest BCUT2D eigenvalue weighted by molar-refractivity contribution is 5.60. The van der Waals surface area contributed by atoms with Crippen molar-refractivity contribution in [2.45, 2.75) is 33.2 Å². The molecule has 4 nitrogen and oxygen atoms in total. The molecule has 1 aromatic heterocycles. The van der Waals surface area contributed by atoms with E-state index >= 15 is 0 Å². The smallest absolute Gasteiger partial charge is 0.155 e. The predicted octanol–water partition coefficient (Wildman–Crippen LogP) is 1.93. The molecule has 0 radical (unpaired) electrons. The summed E-state index contributed by atoms with van der Waals surface area (Å²) in [7, 11) is 2.02. The lowest BCUT2D eigenvalue weighted by Crippen LogP contribution is -2.31. The summed E-state index contributed by atoms with van der Waals surface area (Å²) in [5, 5.41) is 0. The Bertz CT molecular complexity index is 311. The molecule has 0 spiro atoms. The summed E-state index contributed by atoms with van der Waals surface area (Å²) in [6.45, 7) is 6.61. The van der Waals surface area contributed by atoms with Crippen molar-refractivity contribution in [2.24, 2.45) is 5.92 Å². The van der Waals surface area contributed by atoms with Crippen molar-refractivity contribution in [1.29, 1.82) is 0 Å². The Morgan fingerprint density at radius 1 is 1.40 bits per heavy atom. The maximum atomic E-state index is 5.82. The molecule has 0 fully saturated rings. The van der Waals surface area contributed by atoms with Crippen molar-refractivity contribution in [3.8, 4) is 0 Å². The lowest BCUT2D eigenvalue weighted by atomic mass is 10.0. The molecule has 0 aromatic carbocycles. The topological polar surface area (TPSA) is 55.0 Å². The van der Waals surface area contributed by atoms with Gasteiger partial charge in [-0.15, -0.1) is 0 Å². The maximum absolute atomic E-state index is 5.82. The normalized spacial score (nSPS) is 12.9. The Labute approximate surface area is 91.5 Å². The van der Waals surface area contributed by atoms with Crippen molar-refractivity contribution in [2.75, 3.05) is 17.7 Å². The van der Waals surface area contributed by atoms with E-state index in [1.807, 2.05) is 7.05 Å². The molecule has 2 N–H and O–H groups in total. The van der Waals surface area contributed by atoms with Gasteiger partial charge < -0.3 is 10.6 Å². The summed E-state index contributed by atoms with van der Waals surface area (Å²) < 4.78 is 0. The number of rotatable bonds is 4. The van der Waals surface area contributed by atoms with Crippen LogP contribution in [0.5, 0.6) is 0 Å². The van der Waals surface area contributed by atoms with E-state index < -0.39 is 0 Å². The monoisotopic (exact) mass is 208 g/mol. The minimum absolute atomic E-state index is 0.433. The first-order valence-corrected chi connectivity index (χ1v) is 5.30. The first kappa shape index (κ1) is 11.8. The third-order valence-electron chi connectivity index (χ3n) is 2.53. The summed E-state index contributed by atoms with van der Waals surface area (Å²) in [6, 6.07) is 0.433. The third-order valence-corrected chi connectivity index (χ3v) is 2.53. The van der Waals surface area contributed by atoms with Gasteiger partial charge in [-0.3, -0.25) is 0 Å². The van der Waals surface area contributed by atoms with Crippen LogP contribution in [-0.4, -0.2) is 23.1 Å². The van der Waals surface area contributed by atoms with Crippen molar-refractivity contribution in [1.82, 2.24) is 9.97 Å². The third kappa shape index (κ3) is 3.08. The molecule has 1 rings (SSSR count). The first-order chi connectivity index (χ1) is 7.02. The van der Waals surface area contributed by atoms with Gasteiger partial charge >= 0.3 is 0 Å². The molecule has 15 heavy (non-hydrogen) atoms. The summed E-state index contributed by atoms with van der Waals surface area (Å²) in [4.78, 5) is 10.2. The summed E-state index contributed by atoms with van der Waals surface area (Å²) in [6.07, 6.45) is 4.30. The first-order valence-electron chi connectivity index (χ1n) is 5.30. The Balaban J connectivity index is 2.76. The minimum Gasteiger partial charge on any atom is -0.394 e. The minimum atomic E-state index is 0.433. The van der Waals surface area contributed by atoms with Gasteiger partial charge in [0, 0.05) is 13.1 Å². The molecule has 84 valence electrons. The average molecular weight is 208 g/mol. The largest absolute Gasteiger partial charge is 0.394 e. The molecule has 0 saturated heterocycles. The molecule has 1 heterocycles. The lowest BCUT2D eigenvalue weighted by Gasteiger charge is -2.27. The number of aromatic nitrogens is 2. The lowest BCUT2D eigenvalue weighted by molar-refractivity contribution is 0.502. The van der Waals surface area contributed by atoms with Crippen LogP contribution in [0.25, 0.3) is 0 Å². The predicted molar refractivity (Wildman–Crippen MR) is 63.8 cm³/mol. The molecule has 0 amide bonds. The van der Waals surface area contributed by atoms with Gasteiger partial charge in [-0.1, -0.05) is 13.8 Å². The van der Waals surface area contributed by atoms with Crippen LogP contribution in [-0.2, 0) is 0 Å². The van der Waals surface area contributed by atoms with E-state index in [0.29, 0.717) is 17.6 Å². The van der Waals surface area contributed by atoms with E-state index in [2.05, 4.69) is 35.6 Å². The zero-order valence-corrected chi connectivity index (χ0v) is 9.94. The van der Waals surface area contributed by atoms with E-state index in [0.717, 1.165) is 12.2 Å². The van der Waals surface area contributed by atoms with Crippen LogP contribution >= 0.6 is 0 Å². The Morgan fingerprint density at radius 3 is 2.60 bits per heavy atom. The standard InChI is InChI=1S/C11H20N4/c1-8(2)5-9(3)15(4)11-10(12)6-13-7-14-11/h6-9H,5,12H2,1-4H3. The molecule has 0 aliphatic heterocycles. The molecule has 1 unspecified atom stereocenters. The highest BCUT2D eigenvalue weighted by atomic mass is 15.2. The van der Waals surface area contributed by atoms with Gasteiger partial charge in [-0.2, -0.15) is 0 Å². The van der Waals surface area contributed by atoms with Crippen molar-refractivity contribution in [3.63, 3.8) is 0 Å². The Hall–Kier alpha value is -1.32. The van der Waals surface area contributed by atoms with E-state index in [9.17, 15) is 0 Å².